The van der Waals surface area contributed by atoms with E-state index in [1.165, 1.54) is 0 Å². The van der Waals surface area contributed by atoms with Crippen LogP contribution in [0.1, 0.15) is 59.9 Å². The Hall–Kier alpha value is -3.01. The van der Waals surface area contributed by atoms with Gasteiger partial charge in [-0.3, -0.25) is 4.79 Å². The molecule has 2 aromatic carbocycles. The molecule has 4 heterocycles. The van der Waals surface area contributed by atoms with Gasteiger partial charge in [0.1, 0.15) is 5.71 Å². The first-order chi connectivity index (χ1) is 19.0. The van der Waals surface area contributed by atoms with Crippen LogP contribution < -0.4 is 10.8 Å². The number of carbonyl (C=O) groups excluding carboxylic acids is 1. The van der Waals surface area contributed by atoms with Gasteiger partial charge in [-0.1, -0.05) is 58.2 Å². The third-order valence-electron chi connectivity index (χ3n) is 7.58. The number of nitrogens with one attached hydrogen (secondary N) is 1. The first-order valence-electron chi connectivity index (χ1n) is 12.7. The predicted octanol–water partition coefficient (Wildman–Crippen LogP) is 5.82. The monoisotopic (exact) mass is 595 g/mol. The number of carbonyl (C=O) groups is 1. The highest BCUT2D eigenvalue weighted by molar-refractivity contribution is 6.62. The zero-order chi connectivity index (χ0) is 28.4. The van der Waals surface area contributed by atoms with Crippen LogP contribution >= 0.6 is 34.8 Å². The van der Waals surface area contributed by atoms with Crippen molar-refractivity contribution in [3.8, 4) is 0 Å². The van der Waals surface area contributed by atoms with Crippen molar-refractivity contribution in [1.29, 1.82) is 0 Å². The molecule has 7 nitrogen and oxygen atoms in total. The number of aromatic nitrogens is 1. The highest BCUT2D eigenvalue weighted by Crippen LogP contribution is 2.41. The van der Waals surface area contributed by atoms with E-state index in [9.17, 15) is 9.82 Å². The molecule has 1 amide bonds. The van der Waals surface area contributed by atoms with E-state index in [0.717, 1.165) is 39.1 Å². The number of amides is 1. The summed E-state index contributed by atoms with van der Waals surface area (Å²) in [6.45, 7) is 6.06. The number of rotatable bonds is 5. The number of halogens is 3. The van der Waals surface area contributed by atoms with Gasteiger partial charge in [-0.2, -0.15) is 0 Å². The van der Waals surface area contributed by atoms with Crippen LogP contribution in [0.3, 0.4) is 0 Å². The van der Waals surface area contributed by atoms with Gasteiger partial charge >= 0.3 is 7.12 Å². The minimum absolute atomic E-state index is 0.215. The van der Waals surface area contributed by atoms with E-state index in [4.69, 9.17) is 44.3 Å². The molecule has 0 saturated carbocycles. The van der Waals surface area contributed by atoms with E-state index in [1.807, 2.05) is 67.8 Å². The van der Waals surface area contributed by atoms with E-state index in [1.54, 1.807) is 18.2 Å². The van der Waals surface area contributed by atoms with Crippen LogP contribution in [-0.4, -0.2) is 28.2 Å². The van der Waals surface area contributed by atoms with Gasteiger partial charge < -0.3 is 24.2 Å². The van der Waals surface area contributed by atoms with Crippen molar-refractivity contribution in [2.45, 2.75) is 44.9 Å². The van der Waals surface area contributed by atoms with Crippen molar-refractivity contribution in [2.24, 2.45) is 5.16 Å². The SMILES string of the molecule is CC1(C)OB(O)c2cc(CNC(=O)c3ccc(C4=NO[C@@](C)(c5cc(Cl)c(Cl)c(Cl)c5)C4)n4cccc34)ccc21. The van der Waals surface area contributed by atoms with Crippen molar-refractivity contribution in [2.75, 3.05) is 0 Å². The third-order valence-corrected chi connectivity index (χ3v) is 8.78. The van der Waals surface area contributed by atoms with Crippen molar-refractivity contribution in [3.05, 3.63) is 104 Å². The smallest absolute Gasteiger partial charge is 0.423 e. The minimum atomic E-state index is -0.980. The van der Waals surface area contributed by atoms with Gasteiger partial charge in [-0.15, -0.1) is 0 Å². The quantitative estimate of drug-likeness (QED) is 0.225. The first kappa shape index (κ1) is 27.2. The Kier molecular flexibility index (Phi) is 6.67. The molecule has 1 atom stereocenters. The maximum Gasteiger partial charge on any atom is 0.492 e. The van der Waals surface area contributed by atoms with Gasteiger partial charge in [0.25, 0.3) is 5.91 Å². The molecule has 0 saturated heterocycles. The molecule has 2 aliphatic rings. The molecule has 204 valence electrons. The van der Waals surface area contributed by atoms with Gasteiger partial charge in [-0.05, 0) is 73.8 Å². The second-order valence-corrected chi connectivity index (χ2v) is 12.0. The van der Waals surface area contributed by atoms with E-state index < -0.39 is 18.3 Å². The summed E-state index contributed by atoms with van der Waals surface area (Å²) in [4.78, 5) is 19.1. The summed E-state index contributed by atoms with van der Waals surface area (Å²) >= 11 is 18.7. The van der Waals surface area contributed by atoms with Crippen LogP contribution in [0.2, 0.25) is 15.1 Å². The number of hydrogen-bond acceptors (Lipinski definition) is 5. The fourth-order valence-corrected chi connectivity index (χ4v) is 6.01. The Morgan fingerprint density at radius 1 is 1.10 bits per heavy atom. The standard InChI is InChI=1S/C29H25BCl3N3O4/c1-28(2)19-8-6-16(11-20(19)30(38)39-28)15-34-27(37)18-7-9-25(36-10-4-5-24(18)36)23-14-29(3,40-35-23)17-12-21(31)26(33)22(32)13-17/h4-13,38H,14-15H2,1-3H3,(H,34,37)/t29-/m1/s1. The van der Waals surface area contributed by atoms with Crippen LogP contribution in [0, 0.1) is 0 Å². The summed E-state index contributed by atoms with van der Waals surface area (Å²) in [5.41, 5.74) is 4.76. The van der Waals surface area contributed by atoms with Crippen molar-refractivity contribution >= 4 is 64.5 Å². The predicted molar refractivity (Wildman–Crippen MR) is 158 cm³/mol. The van der Waals surface area contributed by atoms with Crippen molar-refractivity contribution in [3.63, 3.8) is 0 Å². The second kappa shape index (κ2) is 9.82. The largest absolute Gasteiger partial charge is 0.492 e. The van der Waals surface area contributed by atoms with Gasteiger partial charge in [-0.25, -0.2) is 0 Å². The van der Waals surface area contributed by atoms with E-state index in [2.05, 4.69) is 10.5 Å². The molecule has 2 N–H and O–H groups in total. The first-order valence-corrected chi connectivity index (χ1v) is 13.9. The molecule has 6 rings (SSSR count). The molecule has 2 aliphatic heterocycles. The molecule has 4 aromatic rings. The molecule has 11 heteroatoms. The molecule has 0 radical (unpaired) electrons. The third kappa shape index (κ3) is 4.58. The van der Waals surface area contributed by atoms with Gasteiger partial charge in [0.2, 0.25) is 0 Å². The number of hydrogen-bond donors (Lipinski definition) is 2. The number of benzene rings is 2. The molecule has 0 bridgehead atoms. The molecule has 0 spiro atoms. The number of pyridine rings is 1. The van der Waals surface area contributed by atoms with Gasteiger partial charge in [0.15, 0.2) is 5.60 Å². The average Bonchev–Trinajstić information content (AvgIpc) is 3.62. The van der Waals surface area contributed by atoms with Crippen molar-refractivity contribution < 1.29 is 19.3 Å². The maximum atomic E-state index is 13.3. The second-order valence-electron chi connectivity index (χ2n) is 10.8. The lowest BCUT2D eigenvalue weighted by Crippen LogP contribution is -2.30. The zero-order valence-corrected chi connectivity index (χ0v) is 24.2. The Bertz CT molecular complexity index is 1700. The molecule has 40 heavy (non-hydrogen) atoms. The summed E-state index contributed by atoms with van der Waals surface area (Å²) < 4.78 is 7.57. The normalized spacial score (nSPS) is 19.5. The Morgan fingerprint density at radius 2 is 1.85 bits per heavy atom. The lowest BCUT2D eigenvalue weighted by Gasteiger charge is -2.23. The number of fused-ring (bicyclic) bond motifs is 2. The average molecular weight is 597 g/mol. The fraction of sp³-hybridized carbons (Fsp3) is 0.241. The van der Waals surface area contributed by atoms with Crippen LogP contribution in [0.25, 0.3) is 5.52 Å². The van der Waals surface area contributed by atoms with Crippen LogP contribution in [0.4, 0.5) is 0 Å². The Labute approximate surface area is 246 Å². The molecule has 0 unspecified atom stereocenters. The highest BCUT2D eigenvalue weighted by Gasteiger charge is 2.41. The van der Waals surface area contributed by atoms with E-state index in [0.29, 0.717) is 33.6 Å². The van der Waals surface area contributed by atoms with Crippen LogP contribution in [-0.2, 0) is 27.2 Å². The van der Waals surface area contributed by atoms with Crippen LogP contribution in [0.15, 0.2) is 65.9 Å². The lowest BCUT2D eigenvalue weighted by molar-refractivity contribution is -0.00737. The summed E-state index contributed by atoms with van der Waals surface area (Å²) in [5.74, 6) is -0.215. The summed E-state index contributed by atoms with van der Waals surface area (Å²) in [6, 6.07) is 16.7. The van der Waals surface area contributed by atoms with E-state index >= 15 is 0 Å². The summed E-state index contributed by atoms with van der Waals surface area (Å²) in [5, 5.41) is 18.7. The summed E-state index contributed by atoms with van der Waals surface area (Å²) in [7, 11) is -0.980. The number of oxime groups is 1. The molecule has 0 aliphatic carbocycles. The zero-order valence-electron chi connectivity index (χ0n) is 22.0. The van der Waals surface area contributed by atoms with E-state index in [-0.39, 0.29) is 5.91 Å². The molecule has 2 aromatic heterocycles. The Morgan fingerprint density at radius 3 is 2.60 bits per heavy atom. The highest BCUT2D eigenvalue weighted by atomic mass is 35.5. The molecular weight excluding hydrogens is 572 g/mol. The maximum absolute atomic E-state index is 13.3. The van der Waals surface area contributed by atoms with Crippen molar-refractivity contribution in [1.82, 2.24) is 9.72 Å². The van der Waals surface area contributed by atoms with Crippen LogP contribution in [0.5, 0.6) is 0 Å². The summed E-state index contributed by atoms with van der Waals surface area (Å²) in [6.07, 6.45) is 2.35. The molecular formula is C29H25BCl3N3O4. The van der Waals surface area contributed by atoms with Gasteiger partial charge in [0, 0.05) is 24.7 Å². The fourth-order valence-electron chi connectivity index (χ4n) is 5.42. The lowest BCUT2D eigenvalue weighted by atomic mass is 9.77. The van der Waals surface area contributed by atoms with Gasteiger partial charge in [0.05, 0.1) is 37.4 Å². The minimum Gasteiger partial charge on any atom is -0.423 e. The number of nitrogens with zero attached hydrogens (tertiary/aromatic N) is 2. The Balaban J connectivity index is 1.21. The molecule has 0 fully saturated rings. The topological polar surface area (TPSA) is 84.6 Å².